The maximum absolute atomic E-state index is 7.13. The van der Waals surface area contributed by atoms with Gasteiger partial charge in [0.05, 0.1) is 22.5 Å². The van der Waals surface area contributed by atoms with Crippen molar-refractivity contribution in [3.63, 3.8) is 0 Å². The van der Waals surface area contributed by atoms with Crippen LogP contribution in [0.25, 0.3) is 55.3 Å². The van der Waals surface area contributed by atoms with Crippen molar-refractivity contribution >= 4 is 68.6 Å². The molecule has 9 aromatic carbocycles. The quantitative estimate of drug-likeness (QED) is 0.180. The van der Waals surface area contributed by atoms with Gasteiger partial charge in [0.25, 0.3) is 0 Å². The number of nitrogens with zero attached hydrogens (tertiary/aromatic N) is 1. The van der Waals surface area contributed by atoms with E-state index < -0.39 is 5.41 Å². The van der Waals surface area contributed by atoms with Gasteiger partial charge in [0, 0.05) is 33.1 Å². The maximum Gasteiger partial charge on any atom is 0.198 e. The molecule has 66 heavy (non-hydrogen) atoms. The summed E-state index contributed by atoms with van der Waals surface area (Å²) in [7, 11) is 2.45. The fourth-order valence-corrected chi connectivity index (χ4v) is 12.6. The SMILES string of the molecule is CC(C)(C)c1ccc(Nc2c(-c3cc4c(oc5ccccc54)c4c3[B]c3cccc5c3N4c3ccccc3C53c4ccccc4-c4ccccc43)ccc3c2C(C)(C)c2ccccc2-3)cc1. The number of anilines is 5. The molecule has 0 amide bonds. The van der Waals surface area contributed by atoms with Crippen LogP contribution in [0.2, 0.25) is 0 Å². The first-order valence-corrected chi connectivity index (χ1v) is 23.3. The van der Waals surface area contributed by atoms with Crippen LogP contribution in [0.15, 0.2) is 186 Å². The fraction of sp³-hybridized carbons (Fsp3) is 0.129. The zero-order valence-electron chi connectivity index (χ0n) is 37.8. The van der Waals surface area contributed by atoms with Crippen LogP contribution >= 0.6 is 0 Å². The Morgan fingerprint density at radius 3 is 1.85 bits per heavy atom. The second kappa shape index (κ2) is 13.0. The standard InChI is InChI=1S/C62H46BN2O/c1-60(2,3)36-29-31-37(32-30-36)64-56-43(34-33-42-40-19-6-10-21-46(40)61(4,5)54(42)56)44-35-45-41-20-9-15-28-53(41)66-59(45)58-55(44)63-51-26-16-25-50-57(51)65(58)52-27-14-13-24-49(52)62(50)47-22-11-7-17-38(47)39-18-8-12-23-48(39)62/h6-35,64H,1-5H3. The van der Waals surface area contributed by atoms with Crippen molar-refractivity contribution in [3.05, 3.63) is 221 Å². The molecule has 4 aliphatic rings. The summed E-state index contributed by atoms with van der Waals surface area (Å²) in [4.78, 5) is 2.56. The third-order valence-corrected chi connectivity index (χ3v) is 15.4. The molecule has 3 nitrogen and oxygen atoms in total. The highest BCUT2D eigenvalue weighted by Crippen LogP contribution is 2.64. The van der Waals surface area contributed by atoms with Gasteiger partial charge in [-0.1, -0.05) is 192 Å². The molecule has 0 bridgehead atoms. The Hall–Kier alpha value is -7.56. The number of rotatable bonds is 3. The van der Waals surface area contributed by atoms with Gasteiger partial charge in [-0.25, -0.2) is 0 Å². The Morgan fingerprint density at radius 1 is 0.515 bits per heavy atom. The minimum atomic E-state index is -0.512. The predicted octanol–water partition coefficient (Wildman–Crippen LogP) is 14.7. The lowest BCUT2D eigenvalue weighted by Crippen LogP contribution is -2.47. The first-order valence-electron chi connectivity index (χ1n) is 23.3. The van der Waals surface area contributed by atoms with Crippen LogP contribution < -0.4 is 21.1 Å². The average Bonchev–Trinajstić information content (AvgIpc) is 3.94. The van der Waals surface area contributed by atoms with E-state index in [4.69, 9.17) is 4.42 Å². The summed E-state index contributed by atoms with van der Waals surface area (Å²) in [5.41, 5.74) is 25.7. The van der Waals surface area contributed by atoms with Gasteiger partial charge in [0.1, 0.15) is 5.58 Å². The Morgan fingerprint density at radius 2 is 1.12 bits per heavy atom. The molecule has 14 rings (SSSR count). The molecule has 2 aliphatic carbocycles. The zero-order valence-corrected chi connectivity index (χ0v) is 37.8. The Labute approximate surface area is 386 Å². The van der Waals surface area contributed by atoms with Crippen LogP contribution in [0, 0.1) is 0 Å². The Kier molecular flexibility index (Phi) is 7.47. The maximum atomic E-state index is 7.13. The molecule has 10 aromatic rings. The molecular formula is C62H46BN2O. The number of benzene rings is 9. The van der Waals surface area contributed by atoms with Gasteiger partial charge in [0.2, 0.25) is 0 Å². The molecule has 4 heteroatoms. The molecule has 0 unspecified atom stereocenters. The topological polar surface area (TPSA) is 28.4 Å². The van der Waals surface area contributed by atoms with E-state index in [9.17, 15) is 0 Å². The van der Waals surface area contributed by atoms with E-state index >= 15 is 0 Å². The van der Waals surface area contributed by atoms with Crippen molar-refractivity contribution in [3.8, 4) is 33.4 Å². The molecule has 2 aliphatic heterocycles. The monoisotopic (exact) mass is 845 g/mol. The van der Waals surface area contributed by atoms with Crippen LogP contribution in [0.5, 0.6) is 0 Å². The predicted molar refractivity (Wildman–Crippen MR) is 276 cm³/mol. The Balaban J connectivity index is 1.08. The molecule has 1 spiro atoms. The largest absolute Gasteiger partial charge is 0.454 e. The van der Waals surface area contributed by atoms with Gasteiger partial charge in [-0.05, 0) is 108 Å². The molecular weight excluding hydrogens is 800 g/mol. The van der Waals surface area contributed by atoms with Crippen LogP contribution in [0.3, 0.4) is 0 Å². The van der Waals surface area contributed by atoms with Crippen LogP contribution in [0.4, 0.5) is 28.4 Å². The minimum Gasteiger partial charge on any atom is -0.454 e. The lowest BCUT2D eigenvalue weighted by molar-refractivity contribution is 0.590. The van der Waals surface area contributed by atoms with Gasteiger partial charge in [-0.3, -0.25) is 0 Å². The third kappa shape index (κ3) is 4.78. The first-order chi connectivity index (χ1) is 32.1. The lowest BCUT2D eigenvalue weighted by atomic mass is 9.54. The zero-order chi connectivity index (χ0) is 44.3. The second-order valence-corrected chi connectivity index (χ2v) is 20.3. The number of fused-ring (bicyclic) bond motifs is 18. The number of hydrogen-bond donors (Lipinski definition) is 1. The van der Waals surface area contributed by atoms with Crippen molar-refractivity contribution in [2.45, 2.75) is 50.9 Å². The summed E-state index contributed by atoms with van der Waals surface area (Å²) >= 11 is 0. The minimum absolute atomic E-state index is 0.0480. The van der Waals surface area contributed by atoms with E-state index in [0.717, 1.165) is 55.6 Å². The lowest BCUT2D eigenvalue weighted by Gasteiger charge is -2.48. The van der Waals surface area contributed by atoms with E-state index in [0.29, 0.717) is 0 Å². The smallest absolute Gasteiger partial charge is 0.198 e. The van der Waals surface area contributed by atoms with Gasteiger partial charge < -0.3 is 14.6 Å². The number of para-hydroxylation sites is 3. The van der Waals surface area contributed by atoms with Crippen LogP contribution in [0.1, 0.15) is 73.6 Å². The summed E-state index contributed by atoms with van der Waals surface area (Å²) in [5, 5.41) is 6.32. The van der Waals surface area contributed by atoms with Crippen molar-refractivity contribution in [2.24, 2.45) is 0 Å². The van der Waals surface area contributed by atoms with Crippen molar-refractivity contribution in [1.82, 2.24) is 0 Å². The summed E-state index contributed by atoms with van der Waals surface area (Å²) in [5.74, 6) is 0. The normalized spacial score (nSPS) is 15.1. The molecule has 0 atom stereocenters. The molecule has 0 fully saturated rings. The first kappa shape index (κ1) is 37.8. The third-order valence-electron chi connectivity index (χ3n) is 15.4. The number of furan rings is 1. The van der Waals surface area contributed by atoms with E-state index in [2.05, 4.69) is 234 Å². The van der Waals surface area contributed by atoms with Crippen LogP contribution in [-0.2, 0) is 16.2 Å². The van der Waals surface area contributed by atoms with Crippen molar-refractivity contribution in [1.29, 1.82) is 0 Å². The molecule has 0 saturated heterocycles. The van der Waals surface area contributed by atoms with Gasteiger partial charge in [-0.15, -0.1) is 0 Å². The highest BCUT2D eigenvalue weighted by molar-refractivity contribution is 6.74. The second-order valence-electron chi connectivity index (χ2n) is 20.3. The molecule has 313 valence electrons. The summed E-state index contributed by atoms with van der Waals surface area (Å²) < 4.78 is 7.13. The van der Waals surface area contributed by atoms with Crippen molar-refractivity contribution < 1.29 is 4.42 Å². The van der Waals surface area contributed by atoms with E-state index in [1.54, 1.807) is 0 Å². The van der Waals surface area contributed by atoms with Crippen LogP contribution in [-0.4, -0.2) is 7.28 Å². The number of nitrogens with one attached hydrogen (secondary N) is 1. The molecule has 3 heterocycles. The fourth-order valence-electron chi connectivity index (χ4n) is 12.6. The van der Waals surface area contributed by atoms with Gasteiger partial charge in [0.15, 0.2) is 12.9 Å². The highest BCUT2D eigenvalue weighted by atomic mass is 16.3. The van der Waals surface area contributed by atoms with Gasteiger partial charge >= 0.3 is 0 Å². The highest BCUT2D eigenvalue weighted by Gasteiger charge is 2.53. The van der Waals surface area contributed by atoms with E-state index in [1.807, 2.05) is 0 Å². The number of hydrogen-bond acceptors (Lipinski definition) is 3. The average molecular weight is 846 g/mol. The molecule has 1 N–H and O–H groups in total. The summed E-state index contributed by atoms with van der Waals surface area (Å²) in [6.07, 6.45) is 0. The summed E-state index contributed by atoms with van der Waals surface area (Å²) in [6, 6.07) is 68.0. The van der Waals surface area contributed by atoms with E-state index in [-0.39, 0.29) is 10.8 Å². The Bertz CT molecular complexity index is 3690. The summed E-state index contributed by atoms with van der Waals surface area (Å²) in [6.45, 7) is 11.6. The van der Waals surface area contributed by atoms with E-state index in [1.165, 1.54) is 78.0 Å². The van der Waals surface area contributed by atoms with Gasteiger partial charge in [-0.2, -0.15) is 0 Å². The van der Waals surface area contributed by atoms with Crippen molar-refractivity contribution in [2.75, 3.05) is 10.2 Å². The molecule has 0 saturated carbocycles. The molecule has 1 radical (unpaired) electrons. The molecule has 1 aromatic heterocycles.